The van der Waals surface area contributed by atoms with Gasteiger partial charge in [0.25, 0.3) is 0 Å². The largest absolute Gasteiger partial charge is 0.421 e. The van der Waals surface area contributed by atoms with Gasteiger partial charge in [0, 0.05) is 6.61 Å². The Morgan fingerprint density at radius 2 is 1.81 bits per heavy atom. The molecule has 0 saturated heterocycles. The minimum absolute atomic E-state index is 0.364. The molecule has 0 N–H and O–H groups in total. The Morgan fingerprint density at radius 1 is 1.19 bits per heavy atom. The SMILES string of the molecule is C=CC(CCCCCO[SiH](C)C)C(C)(C)C. The molecule has 0 heterocycles. The van der Waals surface area contributed by atoms with Gasteiger partial charge < -0.3 is 4.43 Å². The number of unbranched alkanes of at least 4 members (excludes halogenated alkanes) is 2. The van der Waals surface area contributed by atoms with E-state index in [9.17, 15) is 0 Å². The van der Waals surface area contributed by atoms with Crippen molar-refractivity contribution in [2.45, 2.75) is 59.5 Å². The molecule has 0 amide bonds. The molecular formula is C14H30OSi. The number of rotatable bonds is 8. The predicted octanol–water partition coefficient (Wildman–Crippen LogP) is 4.40. The molecular weight excluding hydrogens is 212 g/mol. The van der Waals surface area contributed by atoms with Crippen molar-refractivity contribution < 1.29 is 4.43 Å². The third kappa shape index (κ3) is 8.11. The van der Waals surface area contributed by atoms with E-state index >= 15 is 0 Å². The van der Waals surface area contributed by atoms with Crippen LogP contribution in [0.1, 0.15) is 46.5 Å². The van der Waals surface area contributed by atoms with Crippen LogP contribution in [0.4, 0.5) is 0 Å². The zero-order valence-corrected chi connectivity index (χ0v) is 13.0. The third-order valence-corrected chi connectivity index (χ3v) is 3.91. The molecule has 0 rings (SSSR count). The average Bonchev–Trinajstić information content (AvgIpc) is 2.14. The summed E-state index contributed by atoms with van der Waals surface area (Å²) in [4.78, 5) is 0. The summed E-state index contributed by atoms with van der Waals surface area (Å²) in [6.45, 7) is 16.3. The molecule has 0 radical (unpaired) electrons. The molecule has 0 saturated carbocycles. The van der Waals surface area contributed by atoms with E-state index < -0.39 is 9.04 Å². The van der Waals surface area contributed by atoms with Gasteiger partial charge in [-0.15, -0.1) is 6.58 Å². The summed E-state index contributed by atoms with van der Waals surface area (Å²) in [6, 6.07) is 0. The van der Waals surface area contributed by atoms with Crippen molar-refractivity contribution in [3.63, 3.8) is 0 Å². The van der Waals surface area contributed by atoms with E-state index in [1.807, 2.05) is 0 Å². The van der Waals surface area contributed by atoms with E-state index in [1.165, 1.54) is 25.7 Å². The summed E-state index contributed by atoms with van der Waals surface area (Å²) in [6.07, 6.45) is 7.21. The summed E-state index contributed by atoms with van der Waals surface area (Å²) in [5, 5.41) is 0. The van der Waals surface area contributed by atoms with Crippen molar-refractivity contribution in [2.75, 3.05) is 6.61 Å². The normalized spacial score (nSPS) is 14.1. The molecule has 0 bridgehead atoms. The summed E-state index contributed by atoms with van der Waals surface area (Å²) in [5.41, 5.74) is 0.364. The Bertz CT molecular complexity index is 182. The fraction of sp³-hybridized carbons (Fsp3) is 0.857. The second-order valence-electron chi connectivity index (χ2n) is 5.98. The van der Waals surface area contributed by atoms with E-state index in [-0.39, 0.29) is 0 Å². The summed E-state index contributed by atoms with van der Waals surface area (Å²) in [5.74, 6) is 0.646. The fourth-order valence-electron chi connectivity index (χ4n) is 1.87. The van der Waals surface area contributed by atoms with Crippen LogP contribution in [-0.4, -0.2) is 15.6 Å². The van der Waals surface area contributed by atoms with Crippen LogP contribution in [0.15, 0.2) is 12.7 Å². The van der Waals surface area contributed by atoms with Crippen molar-refractivity contribution >= 4 is 9.04 Å². The van der Waals surface area contributed by atoms with E-state index in [0.717, 1.165) is 6.61 Å². The standard InChI is InChI=1S/C14H30OSi/c1-7-13(14(2,3)4)11-9-8-10-12-15-16(5)6/h7,13,16H,1,8-12H2,2-6H3. The van der Waals surface area contributed by atoms with Crippen molar-refractivity contribution in [3.05, 3.63) is 12.7 Å². The molecule has 16 heavy (non-hydrogen) atoms. The molecule has 0 aliphatic carbocycles. The minimum atomic E-state index is -0.791. The molecule has 0 aromatic carbocycles. The van der Waals surface area contributed by atoms with Crippen LogP contribution < -0.4 is 0 Å². The van der Waals surface area contributed by atoms with Gasteiger partial charge in [-0.1, -0.05) is 39.7 Å². The number of allylic oxidation sites excluding steroid dienone is 1. The third-order valence-electron chi connectivity index (χ3n) is 3.01. The Labute approximate surface area is 104 Å². The van der Waals surface area contributed by atoms with E-state index in [0.29, 0.717) is 11.3 Å². The van der Waals surface area contributed by atoms with Gasteiger partial charge in [0.1, 0.15) is 0 Å². The molecule has 0 aliphatic rings. The maximum Gasteiger partial charge on any atom is 0.170 e. The average molecular weight is 242 g/mol. The van der Waals surface area contributed by atoms with Crippen molar-refractivity contribution in [1.82, 2.24) is 0 Å². The number of hydrogen-bond acceptors (Lipinski definition) is 1. The van der Waals surface area contributed by atoms with Crippen LogP contribution in [0.25, 0.3) is 0 Å². The second kappa shape index (κ2) is 8.07. The molecule has 0 fully saturated rings. The van der Waals surface area contributed by atoms with Crippen molar-refractivity contribution in [2.24, 2.45) is 11.3 Å². The van der Waals surface area contributed by atoms with Gasteiger partial charge >= 0.3 is 0 Å². The highest BCUT2D eigenvalue weighted by atomic mass is 28.3. The van der Waals surface area contributed by atoms with Crippen molar-refractivity contribution in [1.29, 1.82) is 0 Å². The van der Waals surface area contributed by atoms with Crippen LogP contribution in [0, 0.1) is 11.3 Å². The monoisotopic (exact) mass is 242 g/mol. The molecule has 96 valence electrons. The van der Waals surface area contributed by atoms with Crippen molar-refractivity contribution in [3.8, 4) is 0 Å². The zero-order valence-electron chi connectivity index (χ0n) is 11.9. The first kappa shape index (κ1) is 15.9. The van der Waals surface area contributed by atoms with Crippen LogP contribution >= 0.6 is 0 Å². The summed E-state index contributed by atoms with van der Waals surface area (Å²) >= 11 is 0. The highest BCUT2D eigenvalue weighted by molar-refractivity contribution is 6.48. The molecule has 0 aromatic heterocycles. The van der Waals surface area contributed by atoms with Gasteiger partial charge in [0.2, 0.25) is 0 Å². The minimum Gasteiger partial charge on any atom is -0.421 e. The summed E-state index contributed by atoms with van der Waals surface area (Å²) in [7, 11) is -0.791. The summed E-state index contributed by atoms with van der Waals surface area (Å²) < 4.78 is 5.66. The van der Waals surface area contributed by atoms with Gasteiger partial charge in [-0.25, -0.2) is 0 Å². The van der Waals surface area contributed by atoms with Gasteiger partial charge in [-0.2, -0.15) is 0 Å². The smallest absolute Gasteiger partial charge is 0.170 e. The van der Waals surface area contributed by atoms with E-state index in [2.05, 4.69) is 46.5 Å². The predicted molar refractivity (Wildman–Crippen MR) is 76.4 cm³/mol. The molecule has 0 aromatic rings. The van der Waals surface area contributed by atoms with Crippen LogP contribution in [0.5, 0.6) is 0 Å². The molecule has 0 aliphatic heterocycles. The highest BCUT2D eigenvalue weighted by Crippen LogP contribution is 2.30. The quantitative estimate of drug-likeness (QED) is 0.348. The Morgan fingerprint density at radius 3 is 2.25 bits per heavy atom. The fourth-order valence-corrected chi connectivity index (χ4v) is 2.50. The van der Waals surface area contributed by atoms with E-state index in [4.69, 9.17) is 4.43 Å². The van der Waals surface area contributed by atoms with Crippen LogP contribution in [0.2, 0.25) is 13.1 Å². The van der Waals surface area contributed by atoms with Gasteiger partial charge in [0.05, 0.1) is 0 Å². The van der Waals surface area contributed by atoms with Gasteiger partial charge in [0.15, 0.2) is 9.04 Å². The lowest BCUT2D eigenvalue weighted by molar-refractivity contribution is 0.265. The zero-order chi connectivity index (χ0) is 12.6. The van der Waals surface area contributed by atoms with Crippen LogP contribution in [0.3, 0.4) is 0 Å². The number of hydrogen-bond donors (Lipinski definition) is 0. The maximum absolute atomic E-state index is 5.66. The Balaban J connectivity index is 3.53. The lowest BCUT2D eigenvalue weighted by atomic mass is 9.78. The maximum atomic E-state index is 5.66. The Hall–Kier alpha value is -0.0831. The molecule has 2 heteroatoms. The first-order chi connectivity index (χ1) is 7.38. The van der Waals surface area contributed by atoms with Crippen LogP contribution in [-0.2, 0) is 4.43 Å². The first-order valence-corrected chi connectivity index (χ1v) is 9.40. The topological polar surface area (TPSA) is 9.23 Å². The first-order valence-electron chi connectivity index (χ1n) is 6.62. The molecule has 1 atom stereocenters. The van der Waals surface area contributed by atoms with E-state index in [1.54, 1.807) is 0 Å². The lowest BCUT2D eigenvalue weighted by Crippen LogP contribution is -2.18. The molecule has 1 unspecified atom stereocenters. The molecule has 1 nitrogen and oxygen atoms in total. The second-order valence-corrected chi connectivity index (χ2v) is 8.41. The Kier molecular flexibility index (Phi) is 8.03. The highest BCUT2D eigenvalue weighted by Gasteiger charge is 2.20. The van der Waals surface area contributed by atoms with Gasteiger partial charge in [-0.05, 0) is 37.3 Å². The molecule has 0 spiro atoms. The lowest BCUT2D eigenvalue weighted by Gasteiger charge is -2.27. The van der Waals surface area contributed by atoms with Gasteiger partial charge in [-0.3, -0.25) is 0 Å².